The summed E-state index contributed by atoms with van der Waals surface area (Å²) < 4.78 is 1.99. The maximum atomic E-state index is 9.58. The summed E-state index contributed by atoms with van der Waals surface area (Å²) in [7, 11) is 1.98. The first kappa shape index (κ1) is 12.2. The third kappa shape index (κ3) is 3.64. The summed E-state index contributed by atoms with van der Waals surface area (Å²) in [4.78, 5) is 4.26. The third-order valence-electron chi connectivity index (χ3n) is 2.53. The molecule has 0 aliphatic heterocycles. The molecule has 1 rings (SSSR count). The molecule has 0 radical (unpaired) electrons. The molecule has 4 heteroatoms. The van der Waals surface area contributed by atoms with E-state index in [2.05, 4.69) is 24.1 Å². The predicted molar refractivity (Wildman–Crippen MR) is 60.5 cm³/mol. The summed E-state index contributed by atoms with van der Waals surface area (Å²) in [5, 5.41) is 12.9. The van der Waals surface area contributed by atoms with Crippen LogP contribution >= 0.6 is 0 Å². The van der Waals surface area contributed by atoms with E-state index in [1.807, 2.05) is 17.8 Å². The topological polar surface area (TPSA) is 50.1 Å². The fourth-order valence-electron chi connectivity index (χ4n) is 1.63. The molecule has 0 aromatic carbocycles. The number of aliphatic hydroxyl groups excluding tert-OH is 1. The largest absolute Gasteiger partial charge is 0.392 e. The number of aryl methyl sites for hydroxylation is 1. The van der Waals surface area contributed by atoms with E-state index in [0.717, 1.165) is 18.7 Å². The Balaban J connectivity index is 2.36. The van der Waals surface area contributed by atoms with Gasteiger partial charge in [0.25, 0.3) is 0 Å². The van der Waals surface area contributed by atoms with Gasteiger partial charge in [-0.15, -0.1) is 0 Å². The Morgan fingerprint density at radius 2 is 2.33 bits per heavy atom. The van der Waals surface area contributed by atoms with Gasteiger partial charge in [-0.3, -0.25) is 0 Å². The minimum Gasteiger partial charge on any atom is -0.392 e. The van der Waals surface area contributed by atoms with Gasteiger partial charge in [0.2, 0.25) is 0 Å². The molecule has 1 aromatic heterocycles. The highest BCUT2D eigenvalue weighted by molar-refractivity contribution is 4.96. The van der Waals surface area contributed by atoms with Gasteiger partial charge in [0.15, 0.2) is 0 Å². The zero-order valence-corrected chi connectivity index (χ0v) is 9.77. The molecule has 0 saturated carbocycles. The first-order valence-corrected chi connectivity index (χ1v) is 5.53. The molecule has 1 heterocycles. The molecule has 2 unspecified atom stereocenters. The Morgan fingerprint density at radius 3 is 2.87 bits per heavy atom. The zero-order chi connectivity index (χ0) is 11.3. The molecular formula is C11H21N3O. The van der Waals surface area contributed by atoms with Gasteiger partial charge in [0, 0.05) is 26.0 Å². The minimum atomic E-state index is -0.252. The lowest BCUT2D eigenvalue weighted by molar-refractivity contribution is 0.156. The van der Waals surface area contributed by atoms with Crippen LogP contribution in [0.3, 0.4) is 0 Å². The van der Waals surface area contributed by atoms with Gasteiger partial charge in [-0.2, -0.15) is 0 Å². The summed E-state index contributed by atoms with van der Waals surface area (Å²) in [5.74, 6) is 0.999. The summed E-state index contributed by atoms with van der Waals surface area (Å²) in [6.45, 7) is 4.76. The van der Waals surface area contributed by atoms with Crippen LogP contribution in [0.4, 0.5) is 0 Å². The van der Waals surface area contributed by atoms with Crippen LogP contribution in [-0.4, -0.2) is 27.3 Å². The molecule has 0 saturated heterocycles. The summed E-state index contributed by atoms with van der Waals surface area (Å²) >= 11 is 0. The molecule has 1 aromatic rings. The maximum absolute atomic E-state index is 9.58. The van der Waals surface area contributed by atoms with Crippen LogP contribution in [0.15, 0.2) is 12.4 Å². The third-order valence-corrected chi connectivity index (χ3v) is 2.53. The van der Waals surface area contributed by atoms with Crippen molar-refractivity contribution in [3.63, 3.8) is 0 Å². The second kappa shape index (κ2) is 5.88. The van der Waals surface area contributed by atoms with Crippen molar-refractivity contribution in [1.82, 2.24) is 14.9 Å². The van der Waals surface area contributed by atoms with Crippen LogP contribution in [0.25, 0.3) is 0 Å². The van der Waals surface area contributed by atoms with Crippen molar-refractivity contribution in [2.45, 2.75) is 38.8 Å². The van der Waals surface area contributed by atoms with Crippen LogP contribution in [-0.2, 0) is 7.05 Å². The van der Waals surface area contributed by atoms with Crippen LogP contribution < -0.4 is 5.32 Å². The molecule has 0 amide bonds. The molecule has 4 nitrogen and oxygen atoms in total. The normalized spacial score (nSPS) is 15.2. The van der Waals surface area contributed by atoms with Gasteiger partial charge in [0.05, 0.1) is 12.1 Å². The summed E-state index contributed by atoms with van der Waals surface area (Å²) in [5.41, 5.74) is 0. The van der Waals surface area contributed by atoms with Crippen molar-refractivity contribution in [2.75, 3.05) is 6.54 Å². The molecule has 0 fully saturated rings. The van der Waals surface area contributed by atoms with Gasteiger partial charge in [0.1, 0.15) is 5.82 Å². The molecule has 0 aliphatic carbocycles. The minimum absolute atomic E-state index is 0.177. The zero-order valence-electron chi connectivity index (χ0n) is 9.77. The summed E-state index contributed by atoms with van der Waals surface area (Å²) in [6.07, 6.45) is 5.32. The van der Waals surface area contributed by atoms with E-state index >= 15 is 0 Å². The van der Waals surface area contributed by atoms with Crippen molar-refractivity contribution in [3.8, 4) is 0 Å². The number of rotatable bonds is 6. The lowest BCUT2D eigenvalue weighted by Gasteiger charge is -2.16. The highest BCUT2D eigenvalue weighted by atomic mass is 16.3. The van der Waals surface area contributed by atoms with Crippen molar-refractivity contribution in [1.29, 1.82) is 0 Å². The van der Waals surface area contributed by atoms with E-state index in [0.29, 0.717) is 6.54 Å². The van der Waals surface area contributed by atoms with Crippen molar-refractivity contribution >= 4 is 0 Å². The highest BCUT2D eigenvalue weighted by Crippen LogP contribution is 2.08. The molecular weight excluding hydrogens is 190 g/mol. The number of imidazole rings is 1. The SMILES string of the molecule is CCCC(O)CNC(C)c1nccn1C. The molecule has 0 aliphatic rings. The number of nitrogens with one attached hydrogen (secondary N) is 1. The first-order valence-electron chi connectivity index (χ1n) is 5.53. The average molecular weight is 211 g/mol. The molecule has 0 spiro atoms. The van der Waals surface area contributed by atoms with E-state index in [1.54, 1.807) is 6.20 Å². The fourth-order valence-corrected chi connectivity index (χ4v) is 1.63. The highest BCUT2D eigenvalue weighted by Gasteiger charge is 2.11. The molecule has 86 valence electrons. The van der Waals surface area contributed by atoms with Gasteiger partial charge >= 0.3 is 0 Å². The van der Waals surface area contributed by atoms with Crippen LogP contribution in [0.1, 0.15) is 38.6 Å². The predicted octanol–water partition coefficient (Wildman–Crippen LogP) is 1.23. The first-order chi connectivity index (χ1) is 7.15. The van der Waals surface area contributed by atoms with E-state index in [9.17, 15) is 5.11 Å². The van der Waals surface area contributed by atoms with Gasteiger partial charge < -0.3 is 15.0 Å². The molecule has 15 heavy (non-hydrogen) atoms. The Labute approximate surface area is 91.3 Å². The van der Waals surface area contributed by atoms with Crippen LogP contribution in [0.5, 0.6) is 0 Å². The van der Waals surface area contributed by atoms with Crippen molar-refractivity contribution in [3.05, 3.63) is 18.2 Å². The number of aliphatic hydroxyl groups is 1. The number of hydrogen-bond donors (Lipinski definition) is 2. The van der Waals surface area contributed by atoms with Gasteiger partial charge in [-0.25, -0.2) is 4.98 Å². The lowest BCUT2D eigenvalue weighted by atomic mass is 10.2. The molecule has 0 bridgehead atoms. The standard InChI is InChI=1S/C11H21N3O/c1-4-5-10(15)8-13-9(2)11-12-6-7-14(11)3/h6-7,9-10,13,15H,4-5,8H2,1-3H3. The second-order valence-electron chi connectivity index (χ2n) is 3.97. The maximum Gasteiger partial charge on any atom is 0.125 e. The van der Waals surface area contributed by atoms with Crippen molar-refractivity contribution < 1.29 is 5.11 Å². The Morgan fingerprint density at radius 1 is 1.60 bits per heavy atom. The Bertz CT molecular complexity index is 285. The average Bonchev–Trinajstić information content (AvgIpc) is 2.61. The number of hydrogen-bond acceptors (Lipinski definition) is 3. The summed E-state index contributed by atoms with van der Waals surface area (Å²) in [6, 6.07) is 0.177. The number of aromatic nitrogens is 2. The van der Waals surface area contributed by atoms with Crippen LogP contribution in [0, 0.1) is 0 Å². The van der Waals surface area contributed by atoms with Crippen LogP contribution in [0.2, 0.25) is 0 Å². The molecule has 2 N–H and O–H groups in total. The lowest BCUT2D eigenvalue weighted by Crippen LogP contribution is -2.30. The van der Waals surface area contributed by atoms with E-state index in [-0.39, 0.29) is 12.1 Å². The van der Waals surface area contributed by atoms with Crippen molar-refractivity contribution in [2.24, 2.45) is 7.05 Å². The fraction of sp³-hybridized carbons (Fsp3) is 0.727. The number of nitrogens with zero attached hydrogens (tertiary/aromatic N) is 2. The van der Waals surface area contributed by atoms with Gasteiger partial charge in [-0.05, 0) is 13.3 Å². The quantitative estimate of drug-likeness (QED) is 0.744. The monoisotopic (exact) mass is 211 g/mol. The van der Waals surface area contributed by atoms with E-state index in [4.69, 9.17) is 0 Å². The van der Waals surface area contributed by atoms with Gasteiger partial charge in [-0.1, -0.05) is 13.3 Å². The Hall–Kier alpha value is -0.870. The Kier molecular flexibility index (Phi) is 4.78. The molecule has 2 atom stereocenters. The second-order valence-corrected chi connectivity index (χ2v) is 3.97. The smallest absolute Gasteiger partial charge is 0.125 e. The van der Waals surface area contributed by atoms with E-state index in [1.165, 1.54) is 0 Å². The van der Waals surface area contributed by atoms with E-state index < -0.39 is 0 Å².